The highest BCUT2D eigenvalue weighted by Crippen LogP contribution is 2.30. The molecule has 1 aromatic rings. The van der Waals surface area contributed by atoms with Crippen LogP contribution in [0.15, 0.2) is 30.3 Å². The van der Waals surface area contributed by atoms with Crippen molar-refractivity contribution >= 4 is 11.6 Å². The number of hydrogen-bond donors (Lipinski definition) is 1. The van der Waals surface area contributed by atoms with Gasteiger partial charge < -0.3 is 10.2 Å². The topological polar surface area (TPSA) is 32.3 Å². The molecule has 0 saturated carbocycles. The molecule has 3 nitrogen and oxygen atoms in total. The number of piperidine rings is 1. The second kappa shape index (κ2) is 3.91. The van der Waals surface area contributed by atoms with Crippen molar-refractivity contribution in [1.82, 2.24) is 5.32 Å². The van der Waals surface area contributed by atoms with Gasteiger partial charge in [0.05, 0.1) is 6.04 Å². The lowest BCUT2D eigenvalue weighted by Gasteiger charge is -2.32. The van der Waals surface area contributed by atoms with E-state index in [1.165, 1.54) is 0 Å². The maximum Gasteiger partial charge on any atom is 0.228 e. The highest BCUT2D eigenvalue weighted by molar-refractivity contribution is 5.97. The lowest BCUT2D eigenvalue weighted by molar-refractivity contribution is -0.117. The van der Waals surface area contributed by atoms with Crippen molar-refractivity contribution in [1.29, 1.82) is 0 Å². The minimum absolute atomic E-state index is 0.260. The molecule has 1 aromatic carbocycles. The zero-order valence-electron chi connectivity index (χ0n) is 9.23. The minimum Gasteiger partial charge on any atom is -0.311 e. The summed E-state index contributed by atoms with van der Waals surface area (Å²) in [5, 5.41) is 3.45. The number of hydrogen-bond acceptors (Lipinski definition) is 2. The van der Waals surface area contributed by atoms with E-state index in [-0.39, 0.29) is 5.91 Å². The monoisotopic (exact) mass is 216 g/mol. The molecule has 3 heteroatoms. The van der Waals surface area contributed by atoms with E-state index in [0.29, 0.717) is 18.5 Å². The van der Waals surface area contributed by atoms with Gasteiger partial charge in [-0.15, -0.1) is 0 Å². The number of para-hydroxylation sites is 1. The number of carbonyl (C=O) groups excluding carboxylic acids is 1. The fourth-order valence-corrected chi connectivity index (χ4v) is 2.85. The molecule has 84 valence electrons. The summed E-state index contributed by atoms with van der Waals surface area (Å²) in [6.07, 6.45) is 2.94. The van der Waals surface area contributed by atoms with Crippen molar-refractivity contribution in [3.05, 3.63) is 30.3 Å². The van der Waals surface area contributed by atoms with Gasteiger partial charge in [-0.1, -0.05) is 18.2 Å². The molecule has 16 heavy (non-hydrogen) atoms. The predicted molar refractivity (Wildman–Crippen MR) is 63.4 cm³/mol. The largest absolute Gasteiger partial charge is 0.311 e. The second-order valence-electron chi connectivity index (χ2n) is 4.57. The van der Waals surface area contributed by atoms with Crippen LogP contribution in [0.1, 0.15) is 19.3 Å². The number of benzene rings is 1. The Hall–Kier alpha value is -1.35. The Labute approximate surface area is 95.4 Å². The molecule has 0 aromatic heterocycles. The quantitative estimate of drug-likeness (QED) is 0.772. The maximum atomic E-state index is 12.0. The smallest absolute Gasteiger partial charge is 0.228 e. The van der Waals surface area contributed by atoms with E-state index in [1.54, 1.807) is 0 Å². The minimum atomic E-state index is 0.260. The zero-order valence-corrected chi connectivity index (χ0v) is 9.23. The van der Waals surface area contributed by atoms with E-state index in [2.05, 4.69) is 5.32 Å². The fourth-order valence-electron chi connectivity index (χ4n) is 2.85. The zero-order chi connectivity index (χ0) is 11.0. The van der Waals surface area contributed by atoms with Crippen LogP contribution in [0.5, 0.6) is 0 Å². The summed E-state index contributed by atoms with van der Waals surface area (Å²) in [7, 11) is 0. The van der Waals surface area contributed by atoms with Crippen LogP contribution in [0.3, 0.4) is 0 Å². The van der Waals surface area contributed by atoms with Gasteiger partial charge in [-0.25, -0.2) is 0 Å². The summed E-state index contributed by atoms with van der Waals surface area (Å²) in [6, 6.07) is 10.7. The van der Waals surface area contributed by atoms with Crippen molar-refractivity contribution in [3.63, 3.8) is 0 Å². The Bertz CT molecular complexity index is 390. The molecule has 2 aliphatic heterocycles. The highest BCUT2D eigenvalue weighted by Gasteiger charge is 2.41. The summed E-state index contributed by atoms with van der Waals surface area (Å²) >= 11 is 0. The Balaban J connectivity index is 1.91. The third-order valence-corrected chi connectivity index (χ3v) is 3.58. The molecule has 2 fully saturated rings. The van der Waals surface area contributed by atoms with Gasteiger partial charge in [0.1, 0.15) is 0 Å². The first-order valence-electron chi connectivity index (χ1n) is 5.97. The van der Waals surface area contributed by atoms with Gasteiger partial charge in [-0.05, 0) is 31.5 Å². The summed E-state index contributed by atoms with van der Waals surface area (Å²) in [6.45, 7) is 1.05. The predicted octanol–water partition coefficient (Wildman–Crippen LogP) is 1.54. The number of amides is 1. The number of nitrogens with one attached hydrogen (secondary N) is 1. The molecule has 0 bridgehead atoms. The van der Waals surface area contributed by atoms with Gasteiger partial charge in [0.25, 0.3) is 0 Å². The van der Waals surface area contributed by atoms with Gasteiger partial charge in [0, 0.05) is 18.2 Å². The van der Waals surface area contributed by atoms with Crippen LogP contribution >= 0.6 is 0 Å². The molecular formula is C13H16N2O. The molecule has 2 atom stereocenters. The molecule has 0 radical (unpaired) electrons. The summed E-state index contributed by atoms with van der Waals surface area (Å²) in [5.74, 6) is 0.260. The van der Waals surface area contributed by atoms with Crippen molar-refractivity contribution in [2.24, 2.45) is 0 Å². The van der Waals surface area contributed by atoms with Gasteiger partial charge in [-0.2, -0.15) is 0 Å². The maximum absolute atomic E-state index is 12.0. The Morgan fingerprint density at radius 3 is 2.88 bits per heavy atom. The Kier molecular flexibility index (Phi) is 2.40. The third kappa shape index (κ3) is 1.52. The van der Waals surface area contributed by atoms with Crippen LogP contribution in [0, 0.1) is 0 Å². The highest BCUT2D eigenvalue weighted by atomic mass is 16.2. The molecule has 0 spiro atoms. The van der Waals surface area contributed by atoms with E-state index in [0.717, 1.165) is 25.1 Å². The standard InChI is InChI=1S/C13H16N2O/c16-13-9-11-12(7-4-8-14-11)15(13)10-5-2-1-3-6-10/h1-3,5-6,11-12,14H,4,7-9H2. The van der Waals surface area contributed by atoms with Crippen molar-refractivity contribution < 1.29 is 4.79 Å². The normalized spacial score (nSPS) is 29.2. The third-order valence-electron chi connectivity index (χ3n) is 3.58. The van der Waals surface area contributed by atoms with Crippen molar-refractivity contribution in [2.75, 3.05) is 11.4 Å². The van der Waals surface area contributed by atoms with Gasteiger partial charge in [0.2, 0.25) is 5.91 Å². The Morgan fingerprint density at radius 2 is 2.06 bits per heavy atom. The van der Waals surface area contributed by atoms with Gasteiger partial charge >= 0.3 is 0 Å². The fraction of sp³-hybridized carbons (Fsp3) is 0.462. The van der Waals surface area contributed by atoms with E-state index >= 15 is 0 Å². The SMILES string of the molecule is O=C1CC2NCCCC2N1c1ccccc1. The molecule has 1 amide bonds. The molecule has 0 aliphatic carbocycles. The van der Waals surface area contributed by atoms with E-state index in [4.69, 9.17) is 0 Å². The molecule has 2 unspecified atom stereocenters. The molecular weight excluding hydrogens is 200 g/mol. The average molecular weight is 216 g/mol. The lowest BCUT2D eigenvalue weighted by atomic mass is 9.99. The first kappa shape index (κ1) is 9.85. The van der Waals surface area contributed by atoms with Crippen molar-refractivity contribution in [2.45, 2.75) is 31.3 Å². The molecule has 2 heterocycles. The van der Waals surface area contributed by atoms with Crippen LogP contribution in [-0.4, -0.2) is 24.5 Å². The molecule has 2 saturated heterocycles. The number of anilines is 1. The van der Waals surface area contributed by atoms with Crippen LogP contribution < -0.4 is 10.2 Å². The first-order chi connectivity index (χ1) is 7.86. The van der Waals surface area contributed by atoms with Crippen LogP contribution in [0.4, 0.5) is 5.69 Å². The van der Waals surface area contributed by atoms with Gasteiger partial charge in [-0.3, -0.25) is 4.79 Å². The van der Waals surface area contributed by atoms with Crippen LogP contribution in [0.2, 0.25) is 0 Å². The van der Waals surface area contributed by atoms with E-state index < -0.39 is 0 Å². The van der Waals surface area contributed by atoms with Crippen LogP contribution in [-0.2, 0) is 4.79 Å². The number of fused-ring (bicyclic) bond motifs is 1. The second-order valence-corrected chi connectivity index (χ2v) is 4.57. The number of nitrogens with zero attached hydrogens (tertiary/aromatic N) is 1. The summed E-state index contributed by atoms with van der Waals surface area (Å²) in [5.41, 5.74) is 1.05. The van der Waals surface area contributed by atoms with Crippen molar-refractivity contribution in [3.8, 4) is 0 Å². The number of carbonyl (C=O) groups is 1. The molecule has 3 rings (SSSR count). The molecule has 1 N–H and O–H groups in total. The number of rotatable bonds is 1. The summed E-state index contributed by atoms with van der Waals surface area (Å²) < 4.78 is 0. The molecule has 2 aliphatic rings. The van der Waals surface area contributed by atoms with Gasteiger partial charge in [0.15, 0.2) is 0 Å². The summed E-state index contributed by atoms with van der Waals surface area (Å²) in [4.78, 5) is 14.0. The van der Waals surface area contributed by atoms with Crippen LogP contribution in [0.25, 0.3) is 0 Å². The average Bonchev–Trinajstić information content (AvgIpc) is 2.66. The lowest BCUT2D eigenvalue weighted by Crippen LogP contribution is -2.47. The first-order valence-corrected chi connectivity index (χ1v) is 5.97. The van der Waals surface area contributed by atoms with E-state index in [1.807, 2.05) is 35.2 Å². The Morgan fingerprint density at radius 1 is 1.25 bits per heavy atom. The van der Waals surface area contributed by atoms with E-state index in [9.17, 15) is 4.79 Å².